The molecule has 0 radical (unpaired) electrons. The summed E-state index contributed by atoms with van der Waals surface area (Å²) in [4.78, 5) is 4.65. The molecule has 49 heavy (non-hydrogen) atoms. The Kier molecular flexibility index (Phi) is 18.2. The van der Waals surface area contributed by atoms with Gasteiger partial charge in [-0.1, -0.05) is 115 Å². The number of nitrogens with zero attached hydrogens (tertiary/aromatic N) is 2. The van der Waals surface area contributed by atoms with Gasteiger partial charge in [0.25, 0.3) is 0 Å². The molecule has 6 aromatic carbocycles. The van der Waals surface area contributed by atoms with Gasteiger partial charge in [-0.3, -0.25) is 0 Å². The first kappa shape index (κ1) is 38.9. The zero-order valence-corrected chi connectivity index (χ0v) is 31.7. The van der Waals surface area contributed by atoms with Gasteiger partial charge in [0.2, 0.25) is 0 Å². The van der Waals surface area contributed by atoms with Crippen molar-refractivity contribution in [1.29, 1.82) is 5.26 Å². The third kappa shape index (κ3) is 13.5. The summed E-state index contributed by atoms with van der Waals surface area (Å²) in [5.74, 6) is 0. The maximum atomic E-state index is 6.25. The van der Waals surface area contributed by atoms with Crippen molar-refractivity contribution in [1.82, 2.24) is 4.98 Å². The summed E-state index contributed by atoms with van der Waals surface area (Å²) in [6.45, 7) is 4.75. The second-order valence-electron chi connectivity index (χ2n) is 10.6. The van der Waals surface area contributed by atoms with Crippen LogP contribution in [0.2, 0.25) is 0 Å². The third-order valence-electron chi connectivity index (χ3n) is 7.27. The molecule has 0 saturated heterocycles. The molecule has 7 rings (SSSR count). The van der Waals surface area contributed by atoms with E-state index in [0.29, 0.717) is 0 Å². The van der Waals surface area contributed by atoms with Crippen LogP contribution in [-0.4, -0.2) is 11.1 Å². The van der Waals surface area contributed by atoms with Gasteiger partial charge in [-0.05, 0) is 46.5 Å². The van der Waals surface area contributed by atoms with E-state index >= 15 is 0 Å². The standard InChI is InChI=1S/C20H19P.C17H11N.C6H7P.CN.Ir/c1-4-10-18(11-5-1)16-17-21(19-12-6-2-7-13-19)20-14-8-3-9-15-20;1-3-8-14(9-4-1)16-12-7-13-17(18-16)15-10-5-2-6-11-15;7-6-4-2-1-3-5-6;1-2;/h1-15H,16-17H2;1-8,10,12-13H;1-5H,7H2;;/q;-2;;-1;+3/p+1. The Morgan fingerprint density at radius 2 is 0.918 bits per heavy atom. The van der Waals surface area contributed by atoms with E-state index in [0.717, 1.165) is 28.9 Å². The predicted molar refractivity (Wildman–Crippen MR) is 209 cm³/mol. The van der Waals surface area contributed by atoms with Crippen LogP contribution in [0.4, 0.5) is 0 Å². The van der Waals surface area contributed by atoms with Crippen LogP contribution in [-0.2, 0) is 26.5 Å². The van der Waals surface area contributed by atoms with Gasteiger partial charge in [0.1, 0.15) is 0 Å². The van der Waals surface area contributed by atoms with Crippen molar-refractivity contribution >= 4 is 33.1 Å². The average Bonchev–Trinajstić information content (AvgIpc) is 3.19. The second-order valence-corrected chi connectivity index (χ2v) is 13.8. The number of rotatable bonds is 7. The van der Waals surface area contributed by atoms with Crippen LogP contribution in [0.1, 0.15) is 5.56 Å². The van der Waals surface area contributed by atoms with Gasteiger partial charge in [0, 0.05) is 6.42 Å². The molecule has 242 valence electrons. The molecule has 0 fully saturated rings. The van der Waals surface area contributed by atoms with Crippen molar-refractivity contribution in [2.24, 2.45) is 0 Å². The topological polar surface area (TPSA) is 36.7 Å². The Labute approximate surface area is 309 Å². The first-order chi connectivity index (χ1) is 23.8. The first-order valence-electron chi connectivity index (χ1n) is 15.7. The number of aromatic nitrogens is 1. The molecule has 1 unspecified atom stereocenters. The van der Waals surface area contributed by atoms with Crippen molar-refractivity contribution in [3.8, 4) is 22.5 Å². The van der Waals surface area contributed by atoms with E-state index in [2.05, 4.69) is 117 Å². The summed E-state index contributed by atoms with van der Waals surface area (Å²) in [6.07, 6.45) is 2.39. The molecule has 0 saturated carbocycles. The quantitative estimate of drug-likeness (QED) is 0.119. The zero-order valence-electron chi connectivity index (χ0n) is 27.1. The molecular formula is C44H38IrN2P2+. The molecule has 0 aliphatic rings. The Bertz CT molecular complexity index is 1780. The Morgan fingerprint density at radius 3 is 1.31 bits per heavy atom. The molecule has 0 spiro atoms. The molecule has 2 nitrogen and oxygen atoms in total. The van der Waals surface area contributed by atoms with Crippen molar-refractivity contribution in [3.05, 3.63) is 212 Å². The summed E-state index contributed by atoms with van der Waals surface area (Å²) in [5, 5.41) is 10.5. The van der Waals surface area contributed by atoms with E-state index in [1.807, 2.05) is 97.1 Å². The van der Waals surface area contributed by atoms with Crippen LogP contribution >= 0.6 is 17.2 Å². The summed E-state index contributed by atoms with van der Waals surface area (Å²) >= 11 is 0. The predicted octanol–water partition coefficient (Wildman–Crippen LogP) is 9.39. The normalized spacial score (nSPS) is 9.63. The minimum Gasteiger partial charge on any atom is -0.512 e. The van der Waals surface area contributed by atoms with Crippen LogP contribution in [0.5, 0.6) is 0 Å². The Morgan fingerprint density at radius 1 is 0.510 bits per heavy atom. The molecule has 7 aromatic rings. The van der Waals surface area contributed by atoms with Crippen molar-refractivity contribution < 1.29 is 20.1 Å². The Hall–Kier alpha value is -4.53. The maximum Gasteiger partial charge on any atom is 3.00 e. The summed E-state index contributed by atoms with van der Waals surface area (Å²) in [7, 11) is 1.93. The zero-order chi connectivity index (χ0) is 33.7. The van der Waals surface area contributed by atoms with Crippen LogP contribution in [0.25, 0.3) is 22.5 Å². The molecule has 0 N–H and O–H groups in total. The first-order valence-corrected chi connectivity index (χ1v) is 18.0. The van der Waals surface area contributed by atoms with E-state index < -0.39 is 7.92 Å². The molecule has 1 heterocycles. The minimum atomic E-state index is -0.697. The number of pyridine rings is 1. The van der Waals surface area contributed by atoms with Gasteiger partial charge >= 0.3 is 20.1 Å². The average molecular weight is 849 g/mol. The van der Waals surface area contributed by atoms with Crippen LogP contribution in [0, 0.1) is 24.0 Å². The Balaban J connectivity index is 0.000000211. The third-order valence-corrected chi connectivity index (χ3v) is 10.5. The number of aryl methyl sites for hydroxylation is 1. The molecule has 0 aliphatic carbocycles. The molecule has 0 bridgehead atoms. The van der Waals surface area contributed by atoms with E-state index in [1.165, 1.54) is 27.6 Å². The van der Waals surface area contributed by atoms with Crippen LogP contribution in [0.15, 0.2) is 188 Å². The van der Waals surface area contributed by atoms with Gasteiger partial charge in [-0.2, -0.15) is 0 Å². The second kappa shape index (κ2) is 22.9. The van der Waals surface area contributed by atoms with Gasteiger partial charge < -0.3 is 16.8 Å². The van der Waals surface area contributed by atoms with Crippen molar-refractivity contribution in [2.45, 2.75) is 6.42 Å². The van der Waals surface area contributed by atoms with Gasteiger partial charge in [-0.25, -0.2) is 0 Å². The van der Waals surface area contributed by atoms with E-state index in [1.54, 1.807) is 0 Å². The van der Waals surface area contributed by atoms with Gasteiger partial charge in [-0.15, -0.1) is 81.0 Å². The van der Waals surface area contributed by atoms with Crippen LogP contribution in [0.3, 0.4) is 0 Å². The number of benzene rings is 6. The van der Waals surface area contributed by atoms with E-state index in [9.17, 15) is 0 Å². The van der Waals surface area contributed by atoms with Gasteiger partial charge in [0.15, 0.2) is 0 Å². The number of hydrogen-bond donors (Lipinski definition) is 0. The maximum absolute atomic E-state index is 6.25. The minimum absolute atomic E-state index is 0. The van der Waals surface area contributed by atoms with Crippen molar-refractivity contribution in [2.75, 3.05) is 6.16 Å². The van der Waals surface area contributed by atoms with Gasteiger partial charge in [0.05, 0.1) is 24.7 Å². The summed E-state index contributed by atoms with van der Waals surface area (Å²) in [5.41, 5.74) is 5.33. The fourth-order valence-electron chi connectivity index (χ4n) is 4.94. The largest absolute Gasteiger partial charge is 3.00 e. The molecule has 1 atom stereocenters. The van der Waals surface area contributed by atoms with Crippen LogP contribution < -0.4 is 15.9 Å². The molecule has 1 aromatic heterocycles. The van der Waals surface area contributed by atoms with E-state index in [4.69, 9.17) is 11.8 Å². The monoisotopic (exact) mass is 849 g/mol. The SMILES string of the molecule is Pc1ccccc1.[C-]#N.[Ir+3].[c-]1ccccc1-c1cccc(-c2[c-]cccc2)n1.c1ccc(CC[PH+](c2ccccc2)c2ccccc2)cc1. The molecular weight excluding hydrogens is 811 g/mol. The smallest absolute Gasteiger partial charge is 0.512 e. The molecule has 0 aliphatic heterocycles. The number of hydrogen-bond acceptors (Lipinski definition) is 2. The fourth-order valence-corrected chi connectivity index (χ4v) is 7.80. The van der Waals surface area contributed by atoms with Crippen molar-refractivity contribution in [3.63, 3.8) is 0 Å². The summed E-state index contributed by atoms with van der Waals surface area (Å²) in [6, 6.07) is 71.0. The fraction of sp³-hybridized carbons (Fsp3) is 0.0455. The van der Waals surface area contributed by atoms with E-state index in [-0.39, 0.29) is 20.1 Å². The summed E-state index contributed by atoms with van der Waals surface area (Å²) < 4.78 is 0. The molecule has 0 amide bonds. The molecule has 5 heteroatoms.